The van der Waals surface area contributed by atoms with Crippen molar-refractivity contribution >= 4 is 47.3 Å². The Morgan fingerprint density at radius 1 is 0.907 bits per heavy atom. The molecule has 0 aliphatic heterocycles. The fourth-order valence-corrected chi connectivity index (χ4v) is 4.17. The zero-order chi connectivity index (χ0) is 38.6. The third-order valence-electron chi connectivity index (χ3n) is 5.41. The van der Waals surface area contributed by atoms with Crippen LogP contribution in [-0.4, -0.2) is 80.5 Å². The van der Waals surface area contributed by atoms with E-state index in [-0.39, 0.29) is 50.3 Å². The maximum atomic E-state index is 12.9. The molecule has 0 aromatic carbocycles. The third-order valence-corrected chi connectivity index (χ3v) is 6.55. The molecular formula is C30H47N3O9S. The Balaban J connectivity index is 6.35. The van der Waals surface area contributed by atoms with Crippen LogP contribution in [0.5, 0.6) is 0 Å². The number of hydrogen-bond donors (Lipinski definition) is 6. The Hall–Kier alpha value is -3.45. The highest BCUT2D eigenvalue weighted by molar-refractivity contribution is 8.00. The fraction of sp³-hybridized carbons (Fsp3) is 0.600. The number of thioether (sulfide) groups is 1. The lowest BCUT2D eigenvalue weighted by molar-refractivity contribution is -0.139. The van der Waals surface area contributed by atoms with E-state index in [1.165, 1.54) is 0 Å². The molecule has 4 atom stereocenters. The maximum Gasteiger partial charge on any atom is 0.322 e. The predicted octanol–water partition coefficient (Wildman–Crippen LogP) is 3.21. The van der Waals surface area contributed by atoms with Crippen molar-refractivity contribution in [1.82, 2.24) is 10.6 Å². The summed E-state index contributed by atoms with van der Waals surface area (Å²) in [5.41, 5.74) is 5.42. The minimum absolute atomic E-state index is 0.0208. The zero-order valence-corrected chi connectivity index (χ0v) is 25.1. The molecule has 12 nitrogen and oxygen atoms in total. The number of amides is 2. The van der Waals surface area contributed by atoms with E-state index in [1.54, 1.807) is 0 Å². The minimum Gasteiger partial charge on any atom is -0.481 e. The summed E-state index contributed by atoms with van der Waals surface area (Å²) in [5.74, 6) is -7.05. The first-order valence-corrected chi connectivity index (χ1v) is 14.9. The SMILES string of the molecule is [2H]/C(CCCCC)=C(\[2H])C/C([2H])=C(/[2H])C/C([2H])=C(/[2H])C(SC[C@@H](NC(=O)CC[C@H](N)C(=O)O)C(=O)NCC(=O)O)C([2H])C(=O)CCCC(=O)O. The number of hydrogen-bond acceptors (Lipinski definition) is 8. The lowest BCUT2D eigenvalue weighted by Crippen LogP contribution is -2.49. The molecular weight excluding hydrogens is 578 g/mol. The number of nitrogens with one attached hydrogen (secondary N) is 2. The summed E-state index contributed by atoms with van der Waals surface area (Å²) in [6.45, 7) is 1.15. The number of carboxylic acid groups (broad SMARTS) is 3. The Kier molecular flexibility index (Phi) is 16.5. The van der Waals surface area contributed by atoms with E-state index in [1.807, 2.05) is 6.92 Å². The number of nitrogens with two attached hydrogens (primary N) is 1. The van der Waals surface area contributed by atoms with Crippen LogP contribution in [0, 0.1) is 0 Å². The van der Waals surface area contributed by atoms with Gasteiger partial charge in [-0.1, -0.05) is 56.1 Å². The summed E-state index contributed by atoms with van der Waals surface area (Å²) in [6.07, 6.45) is -1.53. The van der Waals surface area contributed by atoms with Crippen molar-refractivity contribution in [3.8, 4) is 0 Å². The van der Waals surface area contributed by atoms with Gasteiger partial charge >= 0.3 is 17.9 Å². The van der Waals surface area contributed by atoms with Crippen molar-refractivity contribution in [2.75, 3.05) is 12.3 Å². The van der Waals surface area contributed by atoms with E-state index >= 15 is 0 Å². The quantitative estimate of drug-likeness (QED) is 0.0601. The number of carbonyl (C=O) groups is 6. The molecule has 0 radical (unpaired) electrons. The number of allylic oxidation sites excluding steroid dienone is 5. The molecule has 2 unspecified atom stereocenters. The molecule has 0 aliphatic rings. The van der Waals surface area contributed by atoms with Gasteiger partial charge in [0.05, 0.1) is 8.22 Å². The second-order valence-electron chi connectivity index (χ2n) is 9.19. The first-order valence-electron chi connectivity index (χ1n) is 17.4. The average molecular weight is 633 g/mol. The van der Waals surface area contributed by atoms with Gasteiger partial charge in [0.2, 0.25) is 11.8 Å². The minimum atomic E-state index is -1.78. The molecule has 0 rings (SSSR count). The lowest BCUT2D eigenvalue weighted by Gasteiger charge is -2.20. The number of Topliss-reactive ketones (excluding diaryl/α,β-unsaturated/α-hetero) is 1. The van der Waals surface area contributed by atoms with Gasteiger partial charge in [-0.15, -0.1) is 0 Å². The van der Waals surface area contributed by atoms with E-state index in [0.717, 1.165) is 12.8 Å². The molecule has 0 aliphatic carbocycles. The highest BCUT2D eigenvalue weighted by atomic mass is 32.2. The van der Waals surface area contributed by atoms with Crippen LogP contribution in [0.1, 0.15) is 93.5 Å². The van der Waals surface area contributed by atoms with Crippen LogP contribution in [0.15, 0.2) is 36.3 Å². The first-order chi connectivity index (χ1) is 23.3. The standard InChI is InChI=1S/C30H47N3O9S/c1-2-3-4-5-6-7-8-9-10-11-12-15-23(19-22(34)14-13-16-27(36)37)43-21-25(29(40)32-20-28(38)39)33-26(35)18-17-24(31)30(41)42/h6-7,9-10,12,15,23-25H,2-5,8,11,13-14,16-21,31H2,1H3,(H,32,40)(H,33,35)(H,36,37)(H,38,39)(H,41,42)/b7-6-,10-9-,15-12-/t23?,24-,25+/m0/s1/i6D,7D,9D,10D,12D,15D,19D/t19?,23?,24-,25+. The molecule has 0 saturated carbocycles. The largest absolute Gasteiger partial charge is 0.481 e. The topological polar surface area (TPSA) is 213 Å². The summed E-state index contributed by atoms with van der Waals surface area (Å²) >= 11 is 0.617. The second kappa shape index (κ2) is 25.1. The average Bonchev–Trinajstić information content (AvgIpc) is 3.04. The number of aliphatic carboxylic acids is 3. The third kappa shape index (κ3) is 23.8. The van der Waals surface area contributed by atoms with Crippen molar-refractivity contribution in [2.24, 2.45) is 5.73 Å². The normalized spacial score (nSPS) is 18.0. The van der Waals surface area contributed by atoms with E-state index in [0.29, 0.717) is 24.6 Å². The highest BCUT2D eigenvalue weighted by Crippen LogP contribution is 2.20. The van der Waals surface area contributed by atoms with Crippen LogP contribution in [0.3, 0.4) is 0 Å². The van der Waals surface area contributed by atoms with Crippen molar-refractivity contribution in [1.29, 1.82) is 0 Å². The second-order valence-corrected chi connectivity index (χ2v) is 10.4. The lowest BCUT2D eigenvalue weighted by atomic mass is 10.1. The number of carbonyl (C=O) groups excluding carboxylic acids is 3. The molecule has 0 fully saturated rings. The van der Waals surface area contributed by atoms with Crippen LogP contribution in [0.25, 0.3) is 0 Å². The van der Waals surface area contributed by atoms with Gasteiger partial charge < -0.3 is 31.7 Å². The summed E-state index contributed by atoms with van der Waals surface area (Å²) < 4.78 is 58.3. The van der Waals surface area contributed by atoms with Crippen LogP contribution in [-0.2, 0) is 28.8 Å². The van der Waals surface area contributed by atoms with Crippen LogP contribution in [0.2, 0.25) is 0 Å². The van der Waals surface area contributed by atoms with Crippen LogP contribution in [0.4, 0.5) is 0 Å². The summed E-state index contributed by atoms with van der Waals surface area (Å²) in [7, 11) is 0. The summed E-state index contributed by atoms with van der Waals surface area (Å²) in [4.78, 5) is 71.2. The van der Waals surface area contributed by atoms with Crippen LogP contribution < -0.4 is 16.4 Å². The summed E-state index contributed by atoms with van der Waals surface area (Å²) in [6, 6.07) is -5.06. The number of carboxylic acids is 3. The predicted molar refractivity (Wildman–Crippen MR) is 166 cm³/mol. The van der Waals surface area contributed by atoms with E-state index < -0.39 is 103 Å². The molecule has 0 saturated heterocycles. The molecule has 0 aromatic heterocycles. The number of ketones is 1. The van der Waals surface area contributed by atoms with E-state index in [2.05, 4.69) is 10.6 Å². The summed E-state index contributed by atoms with van der Waals surface area (Å²) in [5, 5.41) is 29.7. The van der Waals surface area contributed by atoms with Crippen molar-refractivity contribution < 1.29 is 53.7 Å². The molecule has 2 amide bonds. The molecule has 43 heavy (non-hydrogen) atoms. The van der Waals surface area contributed by atoms with Crippen molar-refractivity contribution in [2.45, 2.75) is 101 Å². The molecule has 0 aromatic rings. The zero-order valence-electron chi connectivity index (χ0n) is 31.3. The van der Waals surface area contributed by atoms with Gasteiger partial charge in [0.25, 0.3) is 0 Å². The Bertz CT molecular complexity index is 1310. The number of unbranched alkanes of at least 4 members (excludes halogenated alkanes) is 2. The Labute approximate surface area is 267 Å². The molecule has 13 heteroatoms. The van der Waals surface area contributed by atoms with Gasteiger partial charge in [0, 0.05) is 38.0 Å². The fourth-order valence-electron chi connectivity index (χ4n) is 3.12. The molecule has 0 spiro atoms. The monoisotopic (exact) mass is 632 g/mol. The van der Waals surface area contributed by atoms with Crippen molar-refractivity contribution in [3.63, 3.8) is 0 Å². The Morgan fingerprint density at radius 2 is 1.58 bits per heavy atom. The van der Waals surface area contributed by atoms with E-state index in [9.17, 15) is 28.8 Å². The van der Waals surface area contributed by atoms with Gasteiger partial charge in [0.1, 0.15) is 24.4 Å². The first kappa shape index (κ1) is 28.3. The molecule has 0 bridgehead atoms. The van der Waals surface area contributed by atoms with Gasteiger partial charge in [-0.05, 0) is 38.5 Å². The van der Waals surface area contributed by atoms with E-state index in [4.69, 9.17) is 30.6 Å². The smallest absolute Gasteiger partial charge is 0.322 e. The highest BCUT2D eigenvalue weighted by Gasteiger charge is 2.24. The van der Waals surface area contributed by atoms with Gasteiger partial charge in [-0.25, -0.2) is 0 Å². The van der Waals surface area contributed by atoms with Gasteiger partial charge in [-0.3, -0.25) is 28.8 Å². The molecule has 242 valence electrons. The van der Waals surface area contributed by atoms with Crippen LogP contribution >= 0.6 is 11.8 Å². The number of rotatable bonds is 26. The molecule has 0 heterocycles. The molecule has 7 N–H and O–H groups in total. The van der Waals surface area contributed by atoms with Gasteiger partial charge in [0.15, 0.2) is 0 Å². The Morgan fingerprint density at radius 3 is 2.21 bits per heavy atom. The van der Waals surface area contributed by atoms with Gasteiger partial charge in [-0.2, -0.15) is 11.8 Å². The van der Waals surface area contributed by atoms with Crippen molar-refractivity contribution in [3.05, 3.63) is 36.3 Å². The maximum absolute atomic E-state index is 12.9.